The fraction of sp³-hybridized carbons (Fsp3) is 0.409. The normalized spacial score (nSPS) is 15.8. The number of nitrogens with zero attached hydrogens (tertiary/aromatic N) is 2. The second-order valence-corrected chi connectivity index (χ2v) is 7.27. The third-order valence-electron chi connectivity index (χ3n) is 5.49. The minimum Gasteiger partial charge on any atom is -0.497 e. The predicted molar refractivity (Wildman–Crippen MR) is 110 cm³/mol. The molecule has 28 heavy (non-hydrogen) atoms. The maximum absolute atomic E-state index is 12.4. The molecule has 4 rings (SSSR count). The average Bonchev–Trinajstić information content (AvgIpc) is 3.08. The Kier molecular flexibility index (Phi) is 5.67. The molecule has 2 aromatic carbocycles. The number of rotatable bonds is 7. The van der Waals surface area contributed by atoms with Crippen molar-refractivity contribution in [2.24, 2.45) is 0 Å². The molecule has 2 heterocycles. The molecule has 0 saturated carbocycles. The third kappa shape index (κ3) is 4.07. The molecule has 0 bridgehead atoms. The Morgan fingerprint density at radius 2 is 1.75 bits per heavy atom. The van der Waals surface area contributed by atoms with Crippen molar-refractivity contribution < 1.29 is 9.47 Å². The van der Waals surface area contributed by atoms with Gasteiger partial charge in [0.2, 0.25) is 0 Å². The summed E-state index contributed by atoms with van der Waals surface area (Å²) in [5.41, 5.74) is 1.94. The average molecular weight is 381 g/mol. The smallest absolute Gasteiger partial charge is 0.326 e. The highest BCUT2D eigenvalue weighted by Crippen LogP contribution is 2.25. The third-order valence-corrected chi connectivity index (χ3v) is 5.49. The quantitative estimate of drug-likeness (QED) is 0.637. The first kappa shape index (κ1) is 18.6. The lowest BCUT2D eigenvalue weighted by Crippen LogP contribution is -2.37. The molecular formula is C22H27N3O3. The topological polar surface area (TPSA) is 59.5 Å². The van der Waals surface area contributed by atoms with Crippen LogP contribution in [0.4, 0.5) is 0 Å². The van der Waals surface area contributed by atoms with E-state index in [9.17, 15) is 4.79 Å². The monoisotopic (exact) mass is 381 g/mol. The van der Waals surface area contributed by atoms with Gasteiger partial charge in [-0.25, -0.2) is 4.79 Å². The molecule has 0 spiro atoms. The van der Waals surface area contributed by atoms with Crippen molar-refractivity contribution in [2.45, 2.75) is 25.3 Å². The highest BCUT2D eigenvalue weighted by molar-refractivity contribution is 5.75. The molecule has 1 fully saturated rings. The van der Waals surface area contributed by atoms with Crippen LogP contribution in [0.15, 0.2) is 53.3 Å². The SMILES string of the molecule is COc1ccc(OCCCN2CCC(n3c(=O)[nH]c4ccccc43)CC2)cc1. The number of hydrogen-bond donors (Lipinski definition) is 1. The maximum atomic E-state index is 12.4. The fourth-order valence-electron chi connectivity index (χ4n) is 3.99. The molecule has 6 heteroatoms. The second-order valence-electron chi connectivity index (χ2n) is 7.27. The molecule has 1 aromatic heterocycles. The van der Waals surface area contributed by atoms with E-state index in [2.05, 4.69) is 9.88 Å². The zero-order chi connectivity index (χ0) is 19.3. The molecule has 3 aromatic rings. The molecular weight excluding hydrogens is 354 g/mol. The van der Waals surface area contributed by atoms with Crippen LogP contribution in [-0.4, -0.2) is 47.8 Å². The molecule has 0 radical (unpaired) electrons. The minimum absolute atomic E-state index is 0.00698. The number of likely N-dealkylation sites (tertiary alicyclic amines) is 1. The summed E-state index contributed by atoms with van der Waals surface area (Å²) in [6, 6.07) is 15.9. The summed E-state index contributed by atoms with van der Waals surface area (Å²) in [5, 5.41) is 0. The van der Waals surface area contributed by atoms with E-state index in [-0.39, 0.29) is 11.7 Å². The van der Waals surface area contributed by atoms with Crippen molar-refractivity contribution in [1.82, 2.24) is 14.5 Å². The number of imidazole rings is 1. The van der Waals surface area contributed by atoms with Gasteiger partial charge in [-0.15, -0.1) is 0 Å². The molecule has 0 atom stereocenters. The van der Waals surface area contributed by atoms with E-state index >= 15 is 0 Å². The van der Waals surface area contributed by atoms with Gasteiger partial charge in [0.05, 0.1) is 24.8 Å². The summed E-state index contributed by atoms with van der Waals surface area (Å²) in [7, 11) is 1.66. The van der Waals surface area contributed by atoms with E-state index in [0.717, 1.165) is 61.4 Å². The summed E-state index contributed by atoms with van der Waals surface area (Å²) in [4.78, 5) is 17.8. The number of benzene rings is 2. The molecule has 148 valence electrons. The lowest BCUT2D eigenvalue weighted by molar-refractivity contribution is 0.173. The summed E-state index contributed by atoms with van der Waals surface area (Å²) < 4.78 is 12.9. The van der Waals surface area contributed by atoms with E-state index in [1.54, 1.807) is 7.11 Å². The van der Waals surface area contributed by atoms with Crippen molar-refractivity contribution in [3.63, 3.8) is 0 Å². The van der Waals surface area contributed by atoms with Gasteiger partial charge in [-0.2, -0.15) is 0 Å². The van der Waals surface area contributed by atoms with Crippen LogP contribution in [0.1, 0.15) is 25.3 Å². The molecule has 0 unspecified atom stereocenters. The van der Waals surface area contributed by atoms with Gasteiger partial charge in [-0.1, -0.05) is 12.1 Å². The minimum atomic E-state index is 0.00698. The summed E-state index contributed by atoms with van der Waals surface area (Å²) in [6.07, 6.45) is 2.99. The van der Waals surface area contributed by atoms with Crippen LogP contribution in [0.2, 0.25) is 0 Å². The number of piperidine rings is 1. The number of aromatic amines is 1. The zero-order valence-electron chi connectivity index (χ0n) is 16.3. The number of aromatic nitrogens is 2. The fourth-order valence-corrected chi connectivity index (χ4v) is 3.99. The van der Waals surface area contributed by atoms with Crippen molar-refractivity contribution in [3.8, 4) is 11.5 Å². The Hall–Kier alpha value is -2.73. The number of fused-ring (bicyclic) bond motifs is 1. The van der Waals surface area contributed by atoms with Gasteiger partial charge >= 0.3 is 5.69 Å². The molecule has 1 aliphatic rings. The second kappa shape index (κ2) is 8.52. The summed E-state index contributed by atoms with van der Waals surface area (Å²) in [6.45, 7) is 3.75. The number of H-pyrrole nitrogens is 1. The van der Waals surface area contributed by atoms with Crippen LogP contribution in [0.5, 0.6) is 11.5 Å². The lowest BCUT2D eigenvalue weighted by atomic mass is 10.0. The standard InChI is InChI=1S/C22H27N3O3/c1-27-18-7-9-19(10-8-18)28-16-4-13-24-14-11-17(12-15-24)25-21-6-3-2-5-20(21)23-22(25)26/h2-3,5-10,17H,4,11-16H2,1H3,(H,23,26). The van der Waals surface area contributed by atoms with Gasteiger partial charge in [0.25, 0.3) is 0 Å². The summed E-state index contributed by atoms with van der Waals surface area (Å²) >= 11 is 0. The molecule has 6 nitrogen and oxygen atoms in total. The molecule has 0 amide bonds. The van der Waals surface area contributed by atoms with Crippen LogP contribution in [0, 0.1) is 0 Å². The maximum Gasteiger partial charge on any atom is 0.326 e. The first-order chi connectivity index (χ1) is 13.7. The Balaban J connectivity index is 1.24. The number of methoxy groups -OCH3 is 1. The zero-order valence-corrected chi connectivity index (χ0v) is 16.3. The van der Waals surface area contributed by atoms with Crippen molar-refractivity contribution in [1.29, 1.82) is 0 Å². The van der Waals surface area contributed by atoms with Crippen LogP contribution >= 0.6 is 0 Å². The Labute approximate surface area is 164 Å². The summed E-state index contributed by atoms with van der Waals surface area (Å²) in [5.74, 6) is 1.71. The van der Waals surface area contributed by atoms with E-state index in [4.69, 9.17) is 9.47 Å². The molecule has 1 aliphatic heterocycles. The number of hydrogen-bond acceptors (Lipinski definition) is 4. The Morgan fingerprint density at radius 3 is 2.50 bits per heavy atom. The molecule has 1 N–H and O–H groups in total. The van der Waals surface area contributed by atoms with Crippen molar-refractivity contribution in [3.05, 3.63) is 59.0 Å². The van der Waals surface area contributed by atoms with Gasteiger partial charge in [-0.3, -0.25) is 4.57 Å². The first-order valence-electron chi connectivity index (χ1n) is 9.93. The van der Waals surface area contributed by atoms with Gasteiger partial charge in [0.15, 0.2) is 0 Å². The van der Waals surface area contributed by atoms with Gasteiger partial charge < -0.3 is 19.4 Å². The van der Waals surface area contributed by atoms with E-state index < -0.39 is 0 Å². The number of para-hydroxylation sites is 2. The van der Waals surface area contributed by atoms with Crippen molar-refractivity contribution in [2.75, 3.05) is 33.4 Å². The van der Waals surface area contributed by atoms with E-state index in [1.165, 1.54) is 0 Å². The highest BCUT2D eigenvalue weighted by atomic mass is 16.5. The van der Waals surface area contributed by atoms with E-state index in [0.29, 0.717) is 6.61 Å². The van der Waals surface area contributed by atoms with Crippen LogP contribution in [0.25, 0.3) is 11.0 Å². The highest BCUT2D eigenvalue weighted by Gasteiger charge is 2.23. The predicted octanol–water partition coefficient (Wildman–Crippen LogP) is 3.44. The number of ether oxygens (including phenoxy) is 2. The lowest BCUT2D eigenvalue weighted by Gasteiger charge is -2.32. The Morgan fingerprint density at radius 1 is 1.04 bits per heavy atom. The number of nitrogens with one attached hydrogen (secondary N) is 1. The van der Waals surface area contributed by atoms with Crippen LogP contribution < -0.4 is 15.2 Å². The van der Waals surface area contributed by atoms with Gasteiger partial charge in [0, 0.05) is 25.7 Å². The molecule has 0 aliphatic carbocycles. The largest absolute Gasteiger partial charge is 0.497 e. The molecule has 1 saturated heterocycles. The van der Waals surface area contributed by atoms with Gasteiger partial charge in [-0.05, 0) is 55.7 Å². The van der Waals surface area contributed by atoms with E-state index in [1.807, 2.05) is 53.1 Å². The van der Waals surface area contributed by atoms with Gasteiger partial charge in [0.1, 0.15) is 11.5 Å². The van der Waals surface area contributed by atoms with Crippen LogP contribution in [-0.2, 0) is 0 Å². The Bertz CT molecular complexity index is 953. The van der Waals surface area contributed by atoms with Crippen molar-refractivity contribution >= 4 is 11.0 Å². The van der Waals surface area contributed by atoms with Crippen LogP contribution in [0.3, 0.4) is 0 Å². The first-order valence-corrected chi connectivity index (χ1v) is 9.93.